The van der Waals surface area contributed by atoms with Crippen LogP contribution in [0.25, 0.3) is 0 Å². The Labute approximate surface area is 138 Å². The molecular weight excluding hydrogens is 292 g/mol. The zero-order valence-electron chi connectivity index (χ0n) is 15.7. The lowest BCUT2D eigenvalue weighted by Crippen LogP contribution is -2.47. The van der Waals surface area contributed by atoms with Crippen molar-refractivity contribution in [2.75, 3.05) is 6.61 Å². The second-order valence-corrected chi connectivity index (χ2v) is 13.1. The Morgan fingerprint density at radius 3 is 2.36 bits per heavy atom. The standard InChI is InChI=1S/C18H38O3Si/c1-7-8-9-10-11-17(16-13-12-15(14-19)20-16)21-22(5,6)18(2,3)4/h15-17,19H,7-14H2,1-6H3. The first kappa shape index (κ1) is 20.1. The van der Waals surface area contributed by atoms with Crippen molar-refractivity contribution in [3.05, 3.63) is 0 Å². The number of aliphatic hydroxyl groups is 1. The summed E-state index contributed by atoms with van der Waals surface area (Å²) in [7, 11) is -1.78. The highest BCUT2D eigenvalue weighted by molar-refractivity contribution is 6.74. The van der Waals surface area contributed by atoms with Crippen molar-refractivity contribution in [3.63, 3.8) is 0 Å². The maximum absolute atomic E-state index is 9.32. The molecule has 0 aromatic carbocycles. The molecule has 0 saturated carbocycles. The first-order valence-corrected chi connectivity index (χ1v) is 12.1. The van der Waals surface area contributed by atoms with Gasteiger partial charge in [0.2, 0.25) is 0 Å². The summed E-state index contributed by atoms with van der Waals surface area (Å²) < 4.78 is 12.7. The van der Waals surface area contributed by atoms with Crippen molar-refractivity contribution >= 4 is 8.32 Å². The van der Waals surface area contributed by atoms with Crippen LogP contribution in [-0.2, 0) is 9.16 Å². The van der Waals surface area contributed by atoms with Gasteiger partial charge in [0.05, 0.1) is 24.9 Å². The Morgan fingerprint density at radius 2 is 1.86 bits per heavy atom. The molecule has 3 atom stereocenters. The minimum Gasteiger partial charge on any atom is -0.411 e. The van der Waals surface area contributed by atoms with Gasteiger partial charge in [0.15, 0.2) is 8.32 Å². The zero-order chi connectivity index (χ0) is 16.8. The van der Waals surface area contributed by atoms with Crippen LogP contribution >= 0.6 is 0 Å². The second kappa shape index (κ2) is 8.81. The van der Waals surface area contributed by atoms with Crippen molar-refractivity contribution < 1.29 is 14.3 Å². The van der Waals surface area contributed by atoms with Crippen LogP contribution in [-0.4, -0.2) is 38.3 Å². The maximum Gasteiger partial charge on any atom is 0.192 e. The topological polar surface area (TPSA) is 38.7 Å². The summed E-state index contributed by atoms with van der Waals surface area (Å²) in [4.78, 5) is 0. The van der Waals surface area contributed by atoms with Gasteiger partial charge in [-0.3, -0.25) is 0 Å². The van der Waals surface area contributed by atoms with Crippen LogP contribution in [0.5, 0.6) is 0 Å². The molecule has 4 heteroatoms. The van der Waals surface area contributed by atoms with E-state index in [0.29, 0.717) is 0 Å². The van der Waals surface area contributed by atoms with E-state index in [0.717, 1.165) is 19.3 Å². The van der Waals surface area contributed by atoms with E-state index in [1.807, 2.05) is 0 Å². The summed E-state index contributed by atoms with van der Waals surface area (Å²) in [5, 5.41) is 9.54. The van der Waals surface area contributed by atoms with Gasteiger partial charge in [0.1, 0.15) is 0 Å². The van der Waals surface area contributed by atoms with Crippen LogP contribution in [0.4, 0.5) is 0 Å². The first-order valence-electron chi connectivity index (χ1n) is 9.15. The molecule has 0 amide bonds. The van der Waals surface area contributed by atoms with Gasteiger partial charge in [0, 0.05) is 0 Å². The number of hydrogen-bond acceptors (Lipinski definition) is 3. The third kappa shape index (κ3) is 5.95. The summed E-state index contributed by atoms with van der Waals surface area (Å²) >= 11 is 0. The smallest absolute Gasteiger partial charge is 0.192 e. The van der Waals surface area contributed by atoms with E-state index in [9.17, 15) is 5.11 Å². The molecule has 3 nitrogen and oxygen atoms in total. The largest absolute Gasteiger partial charge is 0.411 e. The maximum atomic E-state index is 9.32. The minimum atomic E-state index is -1.78. The predicted octanol–water partition coefficient (Wildman–Crippen LogP) is 4.89. The molecule has 22 heavy (non-hydrogen) atoms. The zero-order valence-corrected chi connectivity index (χ0v) is 16.7. The highest BCUT2D eigenvalue weighted by atomic mass is 28.4. The van der Waals surface area contributed by atoms with E-state index in [4.69, 9.17) is 9.16 Å². The van der Waals surface area contributed by atoms with Crippen LogP contribution in [0.2, 0.25) is 18.1 Å². The number of hydrogen-bond donors (Lipinski definition) is 1. The van der Waals surface area contributed by atoms with Crippen LogP contribution in [0.15, 0.2) is 0 Å². The van der Waals surface area contributed by atoms with Crippen LogP contribution in [0.3, 0.4) is 0 Å². The molecule has 0 spiro atoms. The first-order chi connectivity index (χ1) is 10.2. The average molecular weight is 331 g/mol. The summed E-state index contributed by atoms with van der Waals surface area (Å²) in [6.45, 7) is 13.9. The highest BCUT2D eigenvalue weighted by Gasteiger charge is 2.42. The lowest BCUT2D eigenvalue weighted by molar-refractivity contribution is -0.0468. The Hall–Kier alpha value is 0.0969. The SMILES string of the molecule is CCCCCCC(O[Si](C)(C)C(C)(C)C)C1CCC(CO)O1. The Kier molecular flexibility index (Phi) is 8.07. The van der Waals surface area contributed by atoms with Crippen LogP contribution in [0.1, 0.15) is 72.6 Å². The number of ether oxygens (including phenoxy) is 1. The van der Waals surface area contributed by atoms with Gasteiger partial charge >= 0.3 is 0 Å². The summed E-state index contributed by atoms with van der Waals surface area (Å²) in [6.07, 6.45) is 8.55. The molecule has 3 unspecified atom stereocenters. The second-order valence-electron chi connectivity index (χ2n) is 8.32. The molecule has 0 aromatic heterocycles. The van der Waals surface area contributed by atoms with Crippen molar-refractivity contribution in [1.29, 1.82) is 0 Å². The molecule has 1 fully saturated rings. The van der Waals surface area contributed by atoms with Gasteiger partial charge < -0.3 is 14.3 Å². The predicted molar refractivity (Wildman–Crippen MR) is 95.8 cm³/mol. The summed E-state index contributed by atoms with van der Waals surface area (Å²) in [5.41, 5.74) is 0. The molecule has 0 bridgehead atoms. The van der Waals surface area contributed by atoms with E-state index >= 15 is 0 Å². The van der Waals surface area contributed by atoms with Crippen LogP contribution in [0, 0.1) is 0 Å². The fourth-order valence-electron chi connectivity index (χ4n) is 2.79. The Balaban J connectivity index is 2.65. The van der Waals surface area contributed by atoms with Gasteiger partial charge in [-0.2, -0.15) is 0 Å². The number of rotatable bonds is 9. The van der Waals surface area contributed by atoms with Crippen molar-refractivity contribution in [2.24, 2.45) is 0 Å². The number of unbranched alkanes of at least 4 members (excludes halogenated alkanes) is 3. The third-order valence-electron chi connectivity index (χ3n) is 5.35. The molecule has 0 aliphatic carbocycles. The molecule has 1 rings (SSSR count). The van der Waals surface area contributed by atoms with E-state index in [1.54, 1.807) is 0 Å². The molecule has 0 radical (unpaired) electrons. The fraction of sp³-hybridized carbons (Fsp3) is 1.00. The Bertz CT molecular complexity index is 312. The van der Waals surface area contributed by atoms with E-state index in [1.165, 1.54) is 25.7 Å². The van der Waals surface area contributed by atoms with Gasteiger partial charge in [-0.05, 0) is 37.4 Å². The van der Waals surface area contributed by atoms with Crippen molar-refractivity contribution in [1.82, 2.24) is 0 Å². The molecular formula is C18H38O3Si. The Morgan fingerprint density at radius 1 is 1.18 bits per heavy atom. The molecule has 1 aliphatic rings. The summed E-state index contributed by atoms with van der Waals surface area (Å²) in [5.74, 6) is 0. The highest BCUT2D eigenvalue weighted by Crippen LogP contribution is 2.39. The number of aliphatic hydroxyl groups excluding tert-OH is 1. The molecule has 1 aliphatic heterocycles. The normalized spacial score (nSPS) is 24.7. The van der Waals surface area contributed by atoms with Gasteiger partial charge in [-0.1, -0.05) is 53.4 Å². The fourth-order valence-corrected chi connectivity index (χ4v) is 4.17. The van der Waals surface area contributed by atoms with E-state index in [-0.39, 0.29) is 30.0 Å². The lowest BCUT2D eigenvalue weighted by atomic mass is 10.0. The molecule has 1 N–H and O–H groups in total. The summed E-state index contributed by atoms with van der Waals surface area (Å²) in [6, 6.07) is 0. The van der Waals surface area contributed by atoms with E-state index in [2.05, 4.69) is 40.8 Å². The van der Waals surface area contributed by atoms with E-state index < -0.39 is 8.32 Å². The lowest BCUT2D eigenvalue weighted by Gasteiger charge is -2.41. The molecule has 1 heterocycles. The monoisotopic (exact) mass is 330 g/mol. The van der Waals surface area contributed by atoms with Gasteiger partial charge in [-0.25, -0.2) is 0 Å². The quantitative estimate of drug-likeness (QED) is 0.483. The molecule has 132 valence electrons. The van der Waals surface area contributed by atoms with Crippen LogP contribution < -0.4 is 0 Å². The van der Waals surface area contributed by atoms with Crippen molar-refractivity contribution in [2.45, 2.75) is 109 Å². The van der Waals surface area contributed by atoms with Gasteiger partial charge in [0.25, 0.3) is 0 Å². The minimum absolute atomic E-state index is 0.0196. The molecule has 0 aromatic rings. The van der Waals surface area contributed by atoms with Crippen molar-refractivity contribution in [3.8, 4) is 0 Å². The average Bonchev–Trinajstić information content (AvgIpc) is 2.89. The third-order valence-corrected chi connectivity index (χ3v) is 9.86. The molecule has 1 saturated heterocycles. The van der Waals surface area contributed by atoms with Gasteiger partial charge in [-0.15, -0.1) is 0 Å².